The van der Waals surface area contributed by atoms with Crippen LogP contribution in [-0.2, 0) is 9.53 Å². The van der Waals surface area contributed by atoms with E-state index >= 15 is 0 Å². The van der Waals surface area contributed by atoms with Crippen molar-refractivity contribution in [2.75, 3.05) is 0 Å². The quantitative estimate of drug-likeness (QED) is 0.606. The van der Waals surface area contributed by atoms with E-state index in [0.717, 1.165) is 11.1 Å². The molecule has 1 saturated heterocycles. The van der Waals surface area contributed by atoms with Crippen LogP contribution in [0.4, 0.5) is 13.2 Å². The molecule has 1 aliphatic heterocycles. The molecule has 5 unspecified atom stereocenters. The Hall–Kier alpha value is -2.63. The van der Waals surface area contributed by atoms with Crippen LogP contribution in [0.5, 0.6) is 0 Å². The first-order valence-electron chi connectivity index (χ1n) is 10.2. The topological polar surface area (TPSA) is 39.2 Å². The summed E-state index contributed by atoms with van der Waals surface area (Å²) in [6.07, 6.45) is 4.27. The van der Waals surface area contributed by atoms with Crippen LogP contribution in [0.1, 0.15) is 31.5 Å². The van der Waals surface area contributed by atoms with Gasteiger partial charge in [0.05, 0.1) is 11.6 Å². The SMILES string of the molecule is Cc1c(F)cccc1-c1ccc(C=CC2C3C(C)OC(=O)C3CC(F)(F)C2C)nc1. The molecule has 0 amide bonds. The van der Waals surface area contributed by atoms with E-state index < -0.39 is 36.1 Å². The average Bonchev–Trinajstić information content (AvgIpc) is 2.97. The number of allylic oxidation sites excluding steroid dienone is 1. The number of carbonyl (C=O) groups excluding carboxylic acids is 1. The predicted molar refractivity (Wildman–Crippen MR) is 108 cm³/mol. The summed E-state index contributed by atoms with van der Waals surface area (Å²) >= 11 is 0. The molecule has 0 spiro atoms. The molecule has 2 heterocycles. The Morgan fingerprint density at radius 2 is 1.97 bits per heavy atom. The highest BCUT2D eigenvalue weighted by Gasteiger charge is 2.59. The number of aromatic nitrogens is 1. The molecule has 1 aromatic heterocycles. The Morgan fingerprint density at radius 1 is 1.20 bits per heavy atom. The molecule has 5 atom stereocenters. The second kappa shape index (κ2) is 7.56. The molecule has 158 valence electrons. The van der Waals surface area contributed by atoms with Gasteiger partial charge in [-0.05, 0) is 49.1 Å². The lowest BCUT2D eigenvalue weighted by Crippen LogP contribution is -2.46. The zero-order valence-corrected chi connectivity index (χ0v) is 17.1. The summed E-state index contributed by atoms with van der Waals surface area (Å²) < 4.78 is 48.1. The maximum atomic E-state index is 14.5. The number of benzene rings is 1. The largest absolute Gasteiger partial charge is 0.462 e. The van der Waals surface area contributed by atoms with Crippen LogP contribution in [0.2, 0.25) is 0 Å². The molecule has 1 aliphatic carbocycles. The van der Waals surface area contributed by atoms with E-state index in [0.29, 0.717) is 11.3 Å². The van der Waals surface area contributed by atoms with Crippen molar-refractivity contribution in [2.24, 2.45) is 23.7 Å². The molecule has 4 rings (SSSR count). The van der Waals surface area contributed by atoms with Gasteiger partial charge < -0.3 is 4.74 Å². The number of hydrogen-bond acceptors (Lipinski definition) is 3. The molecular formula is C24H24F3NO2. The van der Waals surface area contributed by atoms with E-state index in [4.69, 9.17) is 4.74 Å². The molecule has 3 nitrogen and oxygen atoms in total. The number of carbonyl (C=O) groups is 1. The number of ether oxygens (including phenoxy) is 1. The Labute approximate surface area is 174 Å². The van der Waals surface area contributed by atoms with E-state index in [1.807, 2.05) is 12.1 Å². The molecule has 0 radical (unpaired) electrons. The first kappa shape index (κ1) is 20.6. The molecule has 2 aliphatic rings. The summed E-state index contributed by atoms with van der Waals surface area (Å²) in [5, 5.41) is 0. The van der Waals surface area contributed by atoms with Gasteiger partial charge in [0.15, 0.2) is 0 Å². The van der Waals surface area contributed by atoms with Crippen LogP contribution < -0.4 is 0 Å². The highest BCUT2D eigenvalue weighted by atomic mass is 19.3. The molecule has 2 fully saturated rings. The number of hydrogen-bond donors (Lipinski definition) is 0. The summed E-state index contributed by atoms with van der Waals surface area (Å²) in [4.78, 5) is 16.4. The molecule has 1 aromatic carbocycles. The van der Waals surface area contributed by atoms with Crippen molar-refractivity contribution in [3.63, 3.8) is 0 Å². The van der Waals surface area contributed by atoms with Crippen LogP contribution in [0.3, 0.4) is 0 Å². The third-order valence-electron chi connectivity index (χ3n) is 6.65. The molecule has 0 bridgehead atoms. The van der Waals surface area contributed by atoms with Crippen molar-refractivity contribution in [2.45, 2.75) is 39.2 Å². The van der Waals surface area contributed by atoms with Crippen molar-refractivity contribution in [3.8, 4) is 11.1 Å². The summed E-state index contributed by atoms with van der Waals surface area (Å²) in [6, 6.07) is 8.50. The summed E-state index contributed by atoms with van der Waals surface area (Å²) in [7, 11) is 0. The van der Waals surface area contributed by atoms with Crippen molar-refractivity contribution < 1.29 is 22.7 Å². The number of esters is 1. The monoisotopic (exact) mass is 415 g/mol. The van der Waals surface area contributed by atoms with Gasteiger partial charge in [-0.3, -0.25) is 9.78 Å². The van der Waals surface area contributed by atoms with E-state index in [1.165, 1.54) is 13.0 Å². The number of rotatable bonds is 3. The Morgan fingerprint density at radius 3 is 2.67 bits per heavy atom. The van der Waals surface area contributed by atoms with E-state index in [1.54, 1.807) is 44.3 Å². The minimum atomic E-state index is -2.93. The lowest BCUT2D eigenvalue weighted by atomic mass is 9.64. The minimum absolute atomic E-state index is 0.266. The van der Waals surface area contributed by atoms with E-state index in [-0.39, 0.29) is 17.8 Å². The third kappa shape index (κ3) is 3.53. The van der Waals surface area contributed by atoms with Gasteiger partial charge in [0.25, 0.3) is 5.92 Å². The first-order chi connectivity index (χ1) is 14.2. The minimum Gasteiger partial charge on any atom is -0.462 e. The number of fused-ring (bicyclic) bond motifs is 1. The Balaban J connectivity index is 1.59. The van der Waals surface area contributed by atoms with Crippen LogP contribution in [0, 0.1) is 36.4 Å². The van der Waals surface area contributed by atoms with Crippen LogP contribution in [-0.4, -0.2) is 23.0 Å². The molecule has 2 aromatic rings. The van der Waals surface area contributed by atoms with Gasteiger partial charge in [-0.15, -0.1) is 0 Å². The van der Waals surface area contributed by atoms with E-state index in [9.17, 15) is 18.0 Å². The standard InChI is InChI=1S/C24H24F3NO2/c1-13-18(5-4-6-21(13)25)16-7-8-17(28-12-16)9-10-19-14(2)24(26,27)11-20-22(19)15(3)30-23(20)29/h4-10,12,14-15,19-20,22H,11H2,1-3H3. The van der Waals surface area contributed by atoms with Crippen molar-refractivity contribution >= 4 is 12.0 Å². The fourth-order valence-electron chi connectivity index (χ4n) is 4.82. The van der Waals surface area contributed by atoms with Crippen molar-refractivity contribution in [1.29, 1.82) is 0 Å². The highest BCUT2D eigenvalue weighted by molar-refractivity contribution is 5.76. The fraction of sp³-hybridized carbons (Fsp3) is 0.417. The highest BCUT2D eigenvalue weighted by Crippen LogP contribution is 2.52. The summed E-state index contributed by atoms with van der Waals surface area (Å²) in [5.74, 6) is -6.16. The number of alkyl halides is 2. The number of cyclic esters (lactones) is 1. The smallest absolute Gasteiger partial charge is 0.309 e. The van der Waals surface area contributed by atoms with Gasteiger partial charge in [0, 0.05) is 30.0 Å². The van der Waals surface area contributed by atoms with Gasteiger partial charge in [-0.2, -0.15) is 0 Å². The number of pyridine rings is 1. The molecule has 0 N–H and O–H groups in total. The summed E-state index contributed by atoms with van der Waals surface area (Å²) in [6.45, 7) is 5.02. The van der Waals surface area contributed by atoms with Gasteiger partial charge >= 0.3 is 5.97 Å². The third-order valence-corrected chi connectivity index (χ3v) is 6.65. The average molecular weight is 415 g/mol. The molecule has 1 saturated carbocycles. The van der Waals surface area contributed by atoms with Gasteiger partial charge in [-0.25, -0.2) is 13.2 Å². The number of nitrogens with zero attached hydrogens (tertiary/aromatic N) is 1. The predicted octanol–water partition coefficient (Wildman–Crippen LogP) is 5.68. The molecule has 6 heteroatoms. The van der Waals surface area contributed by atoms with Crippen LogP contribution >= 0.6 is 0 Å². The van der Waals surface area contributed by atoms with Crippen LogP contribution in [0.15, 0.2) is 42.6 Å². The van der Waals surface area contributed by atoms with E-state index in [2.05, 4.69) is 4.98 Å². The molecular weight excluding hydrogens is 391 g/mol. The zero-order chi connectivity index (χ0) is 21.6. The second-order valence-electron chi connectivity index (χ2n) is 8.40. The van der Waals surface area contributed by atoms with Gasteiger partial charge in [-0.1, -0.05) is 31.2 Å². The lowest BCUT2D eigenvalue weighted by Gasteiger charge is -2.41. The lowest BCUT2D eigenvalue weighted by molar-refractivity contribution is -0.152. The van der Waals surface area contributed by atoms with Crippen LogP contribution in [0.25, 0.3) is 17.2 Å². The Bertz CT molecular complexity index is 986. The fourth-order valence-corrected chi connectivity index (χ4v) is 4.82. The van der Waals surface area contributed by atoms with Gasteiger partial charge in [0.2, 0.25) is 0 Å². The second-order valence-corrected chi connectivity index (χ2v) is 8.40. The number of halogens is 3. The Kier molecular flexibility index (Phi) is 5.20. The first-order valence-corrected chi connectivity index (χ1v) is 10.2. The zero-order valence-electron chi connectivity index (χ0n) is 17.1. The maximum Gasteiger partial charge on any atom is 0.309 e. The normalized spacial score (nSPS) is 30.3. The molecule has 30 heavy (non-hydrogen) atoms. The van der Waals surface area contributed by atoms with Gasteiger partial charge in [0.1, 0.15) is 11.9 Å². The van der Waals surface area contributed by atoms with Crippen molar-refractivity contribution in [3.05, 3.63) is 59.7 Å². The maximum absolute atomic E-state index is 14.5. The summed E-state index contributed by atoms with van der Waals surface area (Å²) in [5.41, 5.74) is 2.71. The van der Waals surface area contributed by atoms with Crippen molar-refractivity contribution in [1.82, 2.24) is 4.98 Å².